The van der Waals surface area contributed by atoms with Gasteiger partial charge >= 0.3 is 0 Å². The number of rotatable bonds is 12. The summed E-state index contributed by atoms with van der Waals surface area (Å²) >= 11 is 0. The van der Waals surface area contributed by atoms with E-state index in [9.17, 15) is 4.39 Å². The van der Waals surface area contributed by atoms with Gasteiger partial charge in [-0.15, -0.1) is 0 Å². The Bertz CT molecular complexity index is 1100. The number of benzene rings is 3. The van der Waals surface area contributed by atoms with Crippen molar-refractivity contribution in [3.63, 3.8) is 0 Å². The van der Waals surface area contributed by atoms with Gasteiger partial charge < -0.3 is 23.9 Å². The average molecular weight is 423 g/mol. The lowest BCUT2D eigenvalue weighted by Crippen LogP contribution is -2.11. The Labute approximate surface area is 180 Å². The van der Waals surface area contributed by atoms with Gasteiger partial charge in [0.25, 0.3) is 0 Å². The van der Waals surface area contributed by atoms with Crippen molar-refractivity contribution in [3.05, 3.63) is 72.3 Å². The summed E-state index contributed by atoms with van der Waals surface area (Å²) < 4.78 is 34.1. The third-order valence-corrected chi connectivity index (χ3v) is 4.88. The monoisotopic (exact) mass is 423 g/mol. The molecule has 31 heavy (non-hydrogen) atoms. The SMILES string of the molecule is FCCOCCOCCOc1ccc2c(c1)[nH]c1cc(OCc3ccccc3)ccc12. The van der Waals surface area contributed by atoms with E-state index in [4.69, 9.17) is 18.9 Å². The fourth-order valence-corrected chi connectivity index (χ4v) is 3.38. The van der Waals surface area contributed by atoms with E-state index in [-0.39, 0.29) is 6.61 Å². The van der Waals surface area contributed by atoms with E-state index in [0.29, 0.717) is 33.0 Å². The first kappa shape index (κ1) is 21.2. The summed E-state index contributed by atoms with van der Waals surface area (Å²) in [5.41, 5.74) is 3.17. The van der Waals surface area contributed by atoms with E-state index >= 15 is 0 Å². The maximum absolute atomic E-state index is 11.9. The number of hydrogen-bond acceptors (Lipinski definition) is 4. The molecule has 0 spiro atoms. The number of fused-ring (bicyclic) bond motifs is 3. The number of hydrogen-bond donors (Lipinski definition) is 1. The van der Waals surface area contributed by atoms with Crippen LogP contribution in [0.2, 0.25) is 0 Å². The van der Waals surface area contributed by atoms with E-state index in [2.05, 4.69) is 29.2 Å². The van der Waals surface area contributed by atoms with Crippen molar-refractivity contribution >= 4 is 21.8 Å². The zero-order chi connectivity index (χ0) is 21.3. The van der Waals surface area contributed by atoms with Crippen molar-refractivity contribution in [1.29, 1.82) is 0 Å². The van der Waals surface area contributed by atoms with Gasteiger partial charge in [0.15, 0.2) is 0 Å². The Hall–Kier alpha value is -3.09. The van der Waals surface area contributed by atoms with Crippen LogP contribution in [0.4, 0.5) is 4.39 Å². The van der Waals surface area contributed by atoms with Crippen LogP contribution < -0.4 is 9.47 Å². The molecular formula is C25H26FNO4. The third-order valence-electron chi connectivity index (χ3n) is 4.88. The minimum absolute atomic E-state index is 0.116. The van der Waals surface area contributed by atoms with Crippen LogP contribution >= 0.6 is 0 Å². The van der Waals surface area contributed by atoms with Gasteiger partial charge in [-0.05, 0) is 29.8 Å². The van der Waals surface area contributed by atoms with Crippen molar-refractivity contribution in [2.75, 3.05) is 39.7 Å². The molecule has 6 heteroatoms. The zero-order valence-corrected chi connectivity index (χ0v) is 17.3. The van der Waals surface area contributed by atoms with Gasteiger partial charge in [0.2, 0.25) is 0 Å². The highest BCUT2D eigenvalue weighted by Crippen LogP contribution is 2.30. The second-order valence-corrected chi connectivity index (χ2v) is 7.08. The molecule has 0 unspecified atom stereocenters. The molecule has 5 nitrogen and oxygen atoms in total. The van der Waals surface area contributed by atoms with E-state index in [1.807, 2.05) is 42.5 Å². The molecule has 0 aliphatic carbocycles. The normalized spacial score (nSPS) is 11.3. The zero-order valence-electron chi connectivity index (χ0n) is 17.3. The standard InChI is InChI=1S/C25H26FNO4/c26-10-11-28-12-13-29-14-15-30-20-6-8-22-23-9-7-21(17-25(23)27-24(22)16-20)31-18-19-4-2-1-3-5-19/h1-9,16-17,27H,10-15,18H2. The quantitative estimate of drug-likeness (QED) is 0.315. The van der Waals surface area contributed by atoms with Crippen LogP contribution in [0.25, 0.3) is 21.8 Å². The second-order valence-electron chi connectivity index (χ2n) is 7.08. The molecule has 0 bridgehead atoms. The molecule has 1 N–H and O–H groups in total. The van der Waals surface area contributed by atoms with Gasteiger partial charge in [-0.2, -0.15) is 0 Å². The molecular weight excluding hydrogens is 397 g/mol. The Morgan fingerprint density at radius 3 is 1.94 bits per heavy atom. The topological polar surface area (TPSA) is 52.7 Å². The summed E-state index contributed by atoms with van der Waals surface area (Å²) in [6.45, 7) is 1.89. The molecule has 0 radical (unpaired) electrons. The van der Waals surface area contributed by atoms with Crippen LogP contribution in [-0.4, -0.2) is 44.7 Å². The van der Waals surface area contributed by atoms with Gasteiger partial charge in [-0.25, -0.2) is 4.39 Å². The number of nitrogens with one attached hydrogen (secondary N) is 1. The Kier molecular flexibility index (Phi) is 7.37. The highest BCUT2D eigenvalue weighted by molar-refractivity contribution is 6.07. The maximum Gasteiger partial charge on any atom is 0.121 e. The molecule has 0 fully saturated rings. The number of aromatic nitrogens is 1. The van der Waals surface area contributed by atoms with Crippen molar-refractivity contribution in [3.8, 4) is 11.5 Å². The molecule has 162 valence electrons. The van der Waals surface area contributed by atoms with Gasteiger partial charge in [0.05, 0.1) is 37.5 Å². The molecule has 4 rings (SSSR count). The largest absolute Gasteiger partial charge is 0.491 e. The maximum atomic E-state index is 11.9. The Morgan fingerprint density at radius 2 is 1.26 bits per heavy atom. The lowest BCUT2D eigenvalue weighted by atomic mass is 10.1. The predicted octanol–water partition coefficient (Wildman–Crippen LogP) is 5.28. The second kappa shape index (κ2) is 10.8. The first-order valence-corrected chi connectivity index (χ1v) is 10.4. The van der Waals surface area contributed by atoms with Crippen LogP contribution in [0.15, 0.2) is 66.7 Å². The Morgan fingerprint density at radius 1 is 0.645 bits per heavy atom. The lowest BCUT2D eigenvalue weighted by Gasteiger charge is -2.07. The first-order valence-electron chi connectivity index (χ1n) is 10.4. The van der Waals surface area contributed by atoms with Crippen LogP contribution in [0.1, 0.15) is 5.56 Å². The summed E-state index contributed by atoms with van der Waals surface area (Å²) in [5, 5.41) is 2.28. The molecule has 0 amide bonds. The number of aromatic amines is 1. The van der Waals surface area contributed by atoms with Crippen molar-refractivity contribution in [1.82, 2.24) is 4.98 Å². The fourth-order valence-electron chi connectivity index (χ4n) is 3.38. The molecule has 3 aromatic carbocycles. The molecule has 4 aromatic rings. The molecule has 0 aliphatic heterocycles. The summed E-state index contributed by atoms with van der Waals surface area (Å²) in [6.07, 6.45) is 0. The smallest absolute Gasteiger partial charge is 0.121 e. The van der Waals surface area contributed by atoms with Gasteiger partial charge in [0.1, 0.15) is 31.4 Å². The van der Waals surface area contributed by atoms with Gasteiger partial charge in [-0.3, -0.25) is 0 Å². The number of ether oxygens (including phenoxy) is 4. The van der Waals surface area contributed by atoms with Crippen LogP contribution in [0, 0.1) is 0 Å². The number of alkyl halides is 1. The fraction of sp³-hybridized carbons (Fsp3) is 0.280. The highest BCUT2D eigenvalue weighted by atomic mass is 19.1. The molecule has 0 saturated carbocycles. The molecule has 0 saturated heterocycles. The van der Waals surface area contributed by atoms with E-state index < -0.39 is 6.67 Å². The Balaban J connectivity index is 1.34. The first-order chi connectivity index (χ1) is 15.3. The predicted molar refractivity (Wildman–Crippen MR) is 120 cm³/mol. The highest BCUT2D eigenvalue weighted by Gasteiger charge is 2.07. The third kappa shape index (κ3) is 5.75. The molecule has 1 aromatic heterocycles. The lowest BCUT2D eigenvalue weighted by molar-refractivity contribution is 0.0325. The van der Waals surface area contributed by atoms with E-state index in [0.717, 1.165) is 38.9 Å². The summed E-state index contributed by atoms with van der Waals surface area (Å²) in [5.74, 6) is 1.60. The van der Waals surface area contributed by atoms with Crippen molar-refractivity contribution < 1.29 is 23.3 Å². The summed E-state index contributed by atoms with van der Waals surface area (Å²) in [7, 11) is 0. The summed E-state index contributed by atoms with van der Waals surface area (Å²) in [4.78, 5) is 3.45. The van der Waals surface area contributed by atoms with Crippen LogP contribution in [-0.2, 0) is 16.1 Å². The molecule has 1 heterocycles. The van der Waals surface area contributed by atoms with E-state index in [1.165, 1.54) is 0 Å². The van der Waals surface area contributed by atoms with Crippen LogP contribution in [0.3, 0.4) is 0 Å². The summed E-state index contributed by atoms with van der Waals surface area (Å²) in [6, 6.07) is 22.2. The van der Waals surface area contributed by atoms with Crippen molar-refractivity contribution in [2.45, 2.75) is 6.61 Å². The minimum Gasteiger partial charge on any atom is -0.491 e. The van der Waals surface area contributed by atoms with Crippen LogP contribution in [0.5, 0.6) is 11.5 Å². The number of H-pyrrole nitrogens is 1. The number of halogens is 1. The van der Waals surface area contributed by atoms with Gasteiger partial charge in [-0.1, -0.05) is 30.3 Å². The molecule has 0 aliphatic rings. The van der Waals surface area contributed by atoms with E-state index in [1.54, 1.807) is 0 Å². The molecule has 0 atom stereocenters. The minimum atomic E-state index is -0.471. The van der Waals surface area contributed by atoms with Crippen molar-refractivity contribution in [2.24, 2.45) is 0 Å². The average Bonchev–Trinajstić information content (AvgIpc) is 3.17. The van der Waals surface area contributed by atoms with Gasteiger partial charge in [0, 0.05) is 22.9 Å².